The molecule has 0 atom stereocenters. The first-order valence-corrected chi connectivity index (χ1v) is 8.38. The second-order valence-electron chi connectivity index (χ2n) is 6.06. The Labute approximate surface area is 133 Å². The van der Waals surface area contributed by atoms with E-state index in [0.717, 1.165) is 25.3 Å². The van der Waals surface area contributed by atoms with Crippen molar-refractivity contribution in [1.82, 2.24) is 4.90 Å². The summed E-state index contributed by atoms with van der Waals surface area (Å²) in [5, 5.41) is 0. The van der Waals surface area contributed by atoms with Gasteiger partial charge >= 0.3 is 0 Å². The molecule has 0 amide bonds. The lowest BCUT2D eigenvalue weighted by atomic mass is 10.1. The van der Waals surface area contributed by atoms with Crippen LogP contribution in [-0.4, -0.2) is 31.1 Å². The second kappa shape index (κ2) is 8.00. The third-order valence-electron chi connectivity index (χ3n) is 4.27. The van der Waals surface area contributed by atoms with Crippen LogP contribution in [-0.2, 0) is 6.42 Å². The maximum atomic E-state index is 5.95. The summed E-state index contributed by atoms with van der Waals surface area (Å²) < 4.78 is 5.95. The van der Waals surface area contributed by atoms with Gasteiger partial charge in [-0.25, -0.2) is 0 Å². The fraction of sp³-hybridized carbons (Fsp3) is 0.400. The molecular weight excluding hydrogens is 270 g/mol. The highest BCUT2D eigenvalue weighted by molar-refractivity contribution is 5.32. The summed E-state index contributed by atoms with van der Waals surface area (Å²) >= 11 is 0. The molecule has 1 aliphatic rings. The molecule has 0 aromatic heterocycles. The van der Waals surface area contributed by atoms with Gasteiger partial charge in [0.25, 0.3) is 0 Å². The van der Waals surface area contributed by atoms with Crippen LogP contribution in [0.2, 0.25) is 0 Å². The number of ether oxygens (including phenoxy) is 1. The molecule has 0 radical (unpaired) electrons. The van der Waals surface area contributed by atoms with Crippen LogP contribution in [0.4, 0.5) is 0 Å². The van der Waals surface area contributed by atoms with Crippen LogP contribution in [0.3, 0.4) is 0 Å². The number of piperidine rings is 1. The molecule has 0 aliphatic carbocycles. The summed E-state index contributed by atoms with van der Waals surface area (Å²) in [5.74, 6) is 0.991. The van der Waals surface area contributed by atoms with Crippen molar-refractivity contribution >= 4 is 0 Å². The van der Waals surface area contributed by atoms with Crippen LogP contribution in [0, 0.1) is 0 Å². The van der Waals surface area contributed by atoms with Gasteiger partial charge in [-0.3, -0.25) is 4.90 Å². The summed E-state index contributed by atoms with van der Waals surface area (Å²) in [6.07, 6.45) is 5.03. The highest BCUT2D eigenvalue weighted by Crippen LogP contribution is 2.17. The van der Waals surface area contributed by atoms with E-state index in [1.54, 1.807) is 0 Å². The van der Waals surface area contributed by atoms with E-state index in [9.17, 15) is 0 Å². The number of hydrogen-bond donors (Lipinski definition) is 0. The smallest absolute Gasteiger partial charge is 0.119 e. The molecule has 0 spiro atoms. The average Bonchev–Trinajstić information content (AvgIpc) is 2.57. The third-order valence-corrected chi connectivity index (χ3v) is 4.27. The summed E-state index contributed by atoms with van der Waals surface area (Å²) in [6, 6.07) is 19.1. The van der Waals surface area contributed by atoms with E-state index in [1.807, 2.05) is 0 Å². The van der Waals surface area contributed by atoms with E-state index in [0.29, 0.717) is 0 Å². The van der Waals surface area contributed by atoms with Gasteiger partial charge in [-0.05, 0) is 55.6 Å². The monoisotopic (exact) mass is 295 g/mol. The Kier molecular flexibility index (Phi) is 5.49. The lowest BCUT2D eigenvalue weighted by Gasteiger charge is -2.26. The first kappa shape index (κ1) is 15.1. The fourth-order valence-electron chi connectivity index (χ4n) is 3.05. The molecule has 0 bridgehead atoms. The molecular formula is C20H25NO. The molecule has 2 nitrogen and oxygen atoms in total. The minimum atomic E-state index is 0.786. The van der Waals surface area contributed by atoms with Crippen LogP contribution >= 0.6 is 0 Å². The fourth-order valence-corrected chi connectivity index (χ4v) is 3.05. The Bertz CT molecular complexity index is 561. The Morgan fingerprint density at radius 2 is 1.59 bits per heavy atom. The first-order valence-electron chi connectivity index (χ1n) is 8.38. The van der Waals surface area contributed by atoms with Crippen molar-refractivity contribution < 1.29 is 4.74 Å². The molecule has 1 heterocycles. The zero-order chi connectivity index (χ0) is 15.0. The van der Waals surface area contributed by atoms with Crippen molar-refractivity contribution in [2.24, 2.45) is 0 Å². The van der Waals surface area contributed by atoms with Gasteiger partial charge in [-0.15, -0.1) is 0 Å². The average molecular weight is 295 g/mol. The van der Waals surface area contributed by atoms with E-state index in [2.05, 4.69) is 59.5 Å². The zero-order valence-corrected chi connectivity index (χ0v) is 13.2. The highest BCUT2D eigenvalue weighted by Gasteiger charge is 2.09. The topological polar surface area (TPSA) is 12.5 Å². The number of likely N-dealkylation sites (tertiary alicyclic amines) is 1. The summed E-state index contributed by atoms with van der Waals surface area (Å²) in [5.41, 5.74) is 2.65. The van der Waals surface area contributed by atoms with Crippen molar-refractivity contribution in [3.63, 3.8) is 0 Å². The van der Waals surface area contributed by atoms with Crippen LogP contribution in [0.25, 0.3) is 0 Å². The van der Waals surface area contributed by atoms with Gasteiger partial charge in [0.2, 0.25) is 0 Å². The van der Waals surface area contributed by atoms with Crippen molar-refractivity contribution in [3.8, 4) is 5.75 Å². The van der Waals surface area contributed by atoms with E-state index in [1.165, 1.54) is 43.5 Å². The molecule has 1 fully saturated rings. The second-order valence-corrected chi connectivity index (χ2v) is 6.06. The van der Waals surface area contributed by atoms with Gasteiger partial charge in [-0.1, -0.05) is 48.9 Å². The van der Waals surface area contributed by atoms with Gasteiger partial charge in [0, 0.05) is 6.54 Å². The Hall–Kier alpha value is -1.80. The van der Waals surface area contributed by atoms with Gasteiger partial charge in [-0.2, -0.15) is 0 Å². The molecule has 3 rings (SSSR count). The standard InChI is InChI=1S/C20H25NO/c1-3-8-18(9-4-1)16-19-10-7-11-20(17-19)22-15-14-21-12-5-2-6-13-21/h1,3-4,7-11,17H,2,5-6,12-16H2. The maximum Gasteiger partial charge on any atom is 0.119 e. The summed E-state index contributed by atoms with van der Waals surface area (Å²) in [7, 11) is 0. The SMILES string of the molecule is c1ccc(Cc2cccc(OCCN3CCCCC3)c2)cc1. The summed E-state index contributed by atoms with van der Waals surface area (Å²) in [4.78, 5) is 2.51. The molecule has 0 unspecified atom stereocenters. The van der Waals surface area contributed by atoms with Crippen LogP contribution in [0.5, 0.6) is 5.75 Å². The van der Waals surface area contributed by atoms with E-state index < -0.39 is 0 Å². The van der Waals surface area contributed by atoms with Crippen LogP contribution in [0.1, 0.15) is 30.4 Å². The predicted molar refractivity (Wildman–Crippen MR) is 91.5 cm³/mol. The number of benzene rings is 2. The molecule has 0 N–H and O–H groups in total. The van der Waals surface area contributed by atoms with Crippen LogP contribution in [0.15, 0.2) is 54.6 Å². The van der Waals surface area contributed by atoms with Crippen molar-refractivity contribution in [1.29, 1.82) is 0 Å². The highest BCUT2D eigenvalue weighted by atomic mass is 16.5. The van der Waals surface area contributed by atoms with Gasteiger partial charge in [0.05, 0.1) is 0 Å². The Balaban J connectivity index is 1.50. The number of rotatable bonds is 6. The minimum absolute atomic E-state index is 0.786. The Morgan fingerprint density at radius 3 is 2.41 bits per heavy atom. The zero-order valence-electron chi connectivity index (χ0n) is 13.2. The molecule has 22 heavy (non-hydrogen) atoms. The van der Waals surface area contributed by atoms with Crippen LogP contribution < -0.4 is 4.74 Å². The molecule has 0 saturated carbocycles. The third kappa shape index (κ3) is 4.60. The Morgan fingerprint density at radius 1 is 0.818 bits per heavy atom. The van der Waals surface area contributed by atoms with Crippen molar-refractivity contribution in [2.75, 3.05) is 26.2 Å². The lowest BCUT2D eigenvalue weighted by molar-refractivity contribution is 0.183. The van der Waals surface area contributed by atoms with E-state index >= 15 is 0 Å². The predicted octanol–water partition coefficient (Wildman–Crippen LogP) is 4.14. The maximum absolute atomic E-state index is 5.95. The van der Waals surface area contributed by atoms with Crippen molar-refractivity contribution in [3.05, 3.63) is 65.7 Å². The number of nitrogens with zero attached hydrogens (tertiary/aromatic N) is 1. The largest absolute Gasteiger partial charge is 0.492 e. The van der Waals surface area contributed by atoms with Crippen molar-refractivity contribution in [2.45, 2.75) is 25.7 Å². The van der Waals surface area contributed by atoms with E-state index in [4.69, 9.17) is 4.74 Å². The summed E-state index contributed by atoms with van der Waals surface area (Å²) in [6.45, 7) is 4.30. The molecule has 1 saturated heterocycles. The van der Waals surface area contributed by atoms with Gasteiger partial charge < -0.3 is 4.74 Å². The van der Waals surface area contributed by atoms with Gasteiger partial charge in [0.15, 0.2) is 0 Å². The molecule has 2 aromatic rings. The molecule has 1 aliphatic heterocycles. The molecule has 2 heteroatoms. The quantitative estimate of drug-likeness (QED) is 0.794. The molecule has 2 aromatic carbocycles. The van der Waals surface area contributed by atoms with E-state index in [-0.39, 0.29) is 0 Å². The first-order chi connectivity index (χ1) is 10.9. The van der Waals surface area contributed by atoms with Gasteiger partial charge in [0.1, 0.15) is 12.4 Å². The number of hydrogen-bond acceptors (Lipinski definition) is 2. The molecule has 116 valence electrons. The normalized spacial score (nSPS) is 15.6. The minimum Gasteiger partial charge on any atom is -0.492 e. The lowest BCUT2D eigenvalue weighted by Crippen LogP contribution is -2.33.